The summed E-state index contributed by atoms with van der Waals surface area (Å²) in [6.45, 7) is 1.79. The maximum Gasteiger partial charge on any atom is 0.238 e. The lowest BCUT2D eigenvalue weighted by molar-refractivity contribution is 0.551. The third kappa shape index (κ3) is 3.68. The fraction of sp³-hybridized carbons (Fsp3) is 0.600. The maximum absolute atomic E-state index is 11.7. The summed E-state index contributed by atoms with van der Waals surface area (Å²) in [7, 11) is -1.74. The predicted octanol–water partition coefficient (Wildman–Crippen LogP) is 2.38. The molecule has 5 nitrogen and oxygen atoms in total. The second-order valence-electron chi connectivity index (χ2n) is 5.96. The first-order valence-electron chi connectivity index (χ1n) is 7.46. The van der Waals surface area contributed by atoms with E-state index in [2.05, 4.69) is 4.90 Å². The van der Waals surface area contributed by atoms with Crippen LogP contribution < -0.4 is 15.8 Å². The van der Waals surface area contributed by atoms with Crippen molar-refractivity contribution in [1.29, 1.82) is 0 Å². The van der Waals surface area contributed by atoms with Gasteiger partial charge < -0.3 is 10.6 Å². The van der Waals surface area contributed by atoms with Crippen molar-refractivity contribution in [3.63, 3.8) is 0 Å². The quantitative estimate of drug-likeness (QED) is 0.662. The number of rotatable bonds is 3. The van der Waals surface area contributed by atoms with Crippen LogP contribution in [0.4, 0.5) is 11.4 Å². The molecule has 0 spiro atoms. The summed E-state index contributed by atoms with van der Waals surface area (Å²) in [6, 6.07) is 3.71. The van der Waals surface area contributed by atoms with Gasteiger partial charge in [0, 0.05) is 24.5 Å². The van der Waals surface area contributed by atoms with E-state index in [0.717, 1.165) is 18.5 Å². The first kappa shape index (κ1) is 16.1. The minimum absolute atomic E-state index is 0.123. The van der Waals surface area contributed by atoms with E-state index in [1.54, 1.807) is 6.92 Å². The Hall–Kier alpha value is -1.27. The Balaban J connectivity index is 2.40. The average molecular weight is 311 g/mol. The first-order chi connectivity index (χ1) is 9.80. The van der Waals surface area contributed by atoms with E-state index in [4.69, 9.17) is 10.9 Å². The van der Waals surface area contributed by atoms with E-state index in [1.807, 2.05) is 13.1 Å². The highest BCUT2D eigenvalue weighted by Crippen LogP contribution is 2.32. The van der Waals surface area contributed by atoms with Crippen molar-refractivity contribution in [2.45, 2.75) is 56.4 Å². The van der Waals surface area contributed by atoms with E-state index in [-0.39, 0.29) is 4.90 Å². The zero-order valence-electron chi connectivity index (χ0n) is 12.8. The van der Waals surface area contributed by atoms with Gasteiger partial charge in [-0.3, -0.25) is 0 Å². The maximum atomic E-state index is 11.7. The monoisotopic (exact) mass is 311 g/mol. The second-order valence-corrected chi connectivity index (χ2v) is 7.49. The molecule has 0 atom stereocenters. The molecule has 4 N–H and O–H groups in total. The molecule has 0 aliphatic heterocycles. The molecule has 6 heteroatoms. The molecule has 1 aromatic rings. The van der Waals surface area contributed by atoms with E-state index in [0.29, 0.717) is 17.3 Å². The Bertz CT molecular complexity index is 606. The van der Waals surface area contributed by atoms with Crippen molar-refractivity contribution in [3.05, 3.63) is 17.7 Å². The Morgan fingerprint density at radius 1 is 1.14 bits per heavy atom. The Kier molecular flexibility index (Phi) is 4.78. The molecule has 21 heavy (non-hydrogen) atoms. The summed E-state index contributed by atoms with van der Waals surface area (Å²) in [5.74, 6) is 0. The van der Waals surface area contributed by atoms with Gasteiger partial charge in [-0.1, -0.05) is 25.7 Å². The molecule has 0 aromatic heterocycles. The molecule has 1 aliphatic carbocycles. The van der Waals surface area contributed by atoms with Crippen LogP contribution in [0.25, 0.3) is 0 Å². The SMILES string of the molecule is Cc1c(N(C)C2CCCCCC2)cc(N)cc1S(N)(=O)=O. The predicted molar refractivity (Wildman–Crippen MR) is 86.9 cm³/mol. The van der Waals surface area contributed by atoms with Gasteiger partial charge in [0.25, 0.3) is 0 Å². The van der Waals surface area contributed by atoms with Gasteiger partial charge in [0.15, 0.2) is 0 Å². The lowest BCUT2D eigenvalue weighted by atomic mass is 10.0. The molecule has 0 bridgehead atoms. The molecular weight excluding hydrogens is 286 g/mol. The summed E-state index contributed by atoms with van der Waals surface area (Å²) in [5.41, 5.74) is 7.85. The van der Waals surface area contributed by atoms with E-state index >= 15 is 0 Å². The first-order valence-corrected chi connectivity index (χ1v) is 9.01. The van der Waals surface area contributed by atoms with E-state index < -0.39 is 10.0 Å². The van der Waals surface area contributed by atoms with Crippen molar-refractivity contribution >= 4 is 21.4 Å². The van der Waals surface area contributed by atoms with Gasteiger partial charge >= 0.3 is 0 Å². The van der Waals surface area contributed by atoms with Gasteiger partial charge in [-0.15, -0.1) is 0 Å². The number of anilines is 2. The van der Waals surface area contributed by atoms with Crippen molar-refractivity contribution < 1.29 is 8.42 Å². The molecule has 0 radical (unpaired) electrons. The van der Waals surface area contributed by atoms with Gasteiger partial charge in [-0.2, -0.15) is 0 Å². The normalized spacial score (nSPS) is 17.5. The van der Waals surface area contributed by atoms with Crippen LogP contribution in [0.5, 0.6) is 0 Å². The van der Waals surface area contributed by atoms with Crippen LogP contribution in [0.1, 0.15) is 44.1 Å². The zero-order valence-corrected chi connectivity index (χ0v) is 13.6. The Labute approximate surface area is 127 Å². The number of nitrogens with zero attached hydrogens (tertiary/aromatic N) is 1. The average Bonchev–Trinajstić information content (AvgIpc) is 2.68. The molecule has 0 heterocycles. The van der Waals surface area contributed by atoms with Gasteiger partial charge in [0.05, 0.1) is 4.90 Å². The van der Waals surface area contributed by atoms with Crippen LogP contribution in [0, 0.1) is 6.92 Å². The standard InChI is InChI=1S/C15H25N3O2S/c1-11-14(9-12(16)10-15(11)21(17,19)20)18(2)13-7-5-3-4-6-8-13/h9-10,13H,3-8,16H2,1-2H3,(H2,17,19,20). The van der Waals surface area contributed by atoms with E-state index in [9.17, 15) is 8.42 Å². The van der Waals surface area contributed by atoms with Gasteiger partial charge in [-0.25, -0.2) is 13.6 Å². The summed E-state index contributed by atoms with van der Waals surface area (Å²) in [5, 5.41) is 5.30. The summed E-state index contributed by atoms with van der Waals surface area (Å²) >= 11 is 0. The largest absolute Gasteiger partial charge is 0.399 e. The van der Waals surface area contributed by atoms with Crippen LogP contribution in [0.15, 0.2) is 17.0 Å². The fourth-order valence-electron chi connectivity index (χ4n) is 3.20. The minimum atomic E-state index is -3.76. The second kappa shape index (κ2) is 6.23. The lowest BCUT2D eigenvalue weighted by Gasteiger charge is -2.31. The molecule has 1 saturated carbocycles. The summed E-state index contributed by atoms with van der Waals surface area (Å²) in [6.07, 6.45) is 7.27. The highest BCUT2D eigenvalue weighted by molar-refractivity contribution is 7.89. The van der Waals surface area contributed by atoms with Crippen molar-refractivity contribution in [2.24, 2.45) is 5.14 Å². The van der Waals surface area contributed by atoms with Crippen molar-refractivity contribution in [2.75, 3.05) is 17.7 Å². The Morgan fingerprint density at radius 3 is 2.24 bits per heavy atom. The Morgan fingerprint density at radius 2 is 1.71 bits per heavy atom. The fourth-order valence-corrected chi connectivity index (χ4v) is 4.03. The topological polar surface area (TPSA) is 89.4 Å². The molecule has 2 rings (SSSR count). The summed E-state index contributed by atoms with van der Waals surface area (Å²) < 4.78 is 23.4. The molecule has 1 aromatic carbocycles. The van der Waals surface area contributed by atoms with Gasteiger partial charge in [0.1, 0.15) is 0 Å². The van der Waals surface area contributed by atoms with Crippen LogP contribution in [0.3, 0.4) is 0 Å². The van der Waals surface area contributed by atoms with Gasteiger partial charge in [0.2, 0.25) is 10.0 Å². The minimum Gasteiger partial charge on any atom is -0.399 e. The van der Waals surface area contributed by atoms with Gasteiger partial charge in [-0.05, 0) is 37.5 Å². The third-order valence-corrected chi connectivity index (χ3v) is 5.45. The number of nitrogens with two attached hydrogens (primary N) is 2. The smallest absolute Gasteiger partial charge is 0.238 e. The number of primary sulfonamides is 1. The highest BCUT2D eigenvalue weighted by atomic mass is 32.2. The number of sulfonamides is 1. The molecule has 0 amide bonds. The van der Waals surface area contributed by atoms with Crippen LogP contribution in [-0.2, 0) is 10.0 Å². The molecule has 0 saturated heterocycles. The number of benzene rings is 1. The van der Waals surface area contributed by atoms with Crippen molar-refractivity contribution in [1.82, 2.24) is 0 Å². The number of hydrogen-bond donors (Lipinski definition) is 2. The molecule has 1 aliphatic rings. The number of hydrogen-bond acceptors (Lipinski definition) is 4. The molecule has 118 valence electrons. The molecule has 0 unspecified atom stereocenters. The van der Waals surface area contributed by atoms with Crippen LogP contribution in [0.2, 0.25) is 0 Å². The van der Waals surface area contributed by atoms with Crippen LogP contribution >= 0.6 is 0 Å². The molecular formula is C15H25N3O2S. The number of nitrogen functional groups attached to an aromatic ring is 1. The van der Waals surface area contributed by atoms with E-state index in [1.165, 1.54) is 31.7 Å². The highest BCUT2D eigenvalue weighted by Gasteiger charge is 2.22. The van der Waals surface area contributed by atoms with Crippen LogP contribution in [-0.4, -0.2) is 21.5 Å². The molecule has 1 fully saturated rings. The lowest BCUT2D eigenvalue weighted by Crippen LogP contribution is -2.32. The zero-order chi connectivity index (χ0) is 15.6. The van der Waals surface area contributed by atoms with Crippen molar-refractivity contribution in [3.8, 4) is 0 Å². The summed E-state index contributed by atoms with van der Waals surface area (Å²) in [4.78, 5) is 2.30. The third-order valence-electron chi connectivity index (χ3n) is 4.41.